The minimum Gasteiger partial charge on any atom is -0.452 e. The van der Waals surface area contributed by atoms with Crippen molar-refractivity contribution in [2.75, 3.05) is 39.6 Å². The molecule has 0 bridgehead atoms. The quantitative estimate of drug-likeness (QED) is 0.0124. The normalized spacial score (nSPS) is 47.8. The van der Waals surface area contributed by atoms with Crippen molar-refractivity contribution in [1.29, 1.82) is 0 Å². The van der Waals surface area contributed by atoms with Crippen LogP contribution in [0.3, 0.4) is 0 Å². The zero-order chi connectivity index (χ0) is 94.1. The van der Waals surface area contributed by atoms with E-state index < -0.39 is 309 Å². The summed E-state index contributed by atoms with van der Waals surface area (Å²) in [5.74, 6) is -4.11. The van der Waals surface area contributed by atoms with Crippen LogP contribution in [0.25, 0.3) is 0 Å². The Hall–Kier alpha value is -4.21. The van der Waals surface area contributed by atoms with Crippen LogP contribution >= 0.6 is 0 Å². The van der Waals surface area contributed by atoms with Crippen molar-refractivity contribution in [3.05, 3.63) is 60.3 Å². The average Bonchev–Trinajstić information content (AvgIpc) is 0.669. The van der Waals surface area contributed by atoms with Crippen molar-refractivity contribution in [1.82, 2.24) is 0 Å². The lowest BCUT2D eigenvalue weighted by atomic mass is 9.33. The van der Waals surface area contributed by atoms with Crippen molar-refractivity contribution in [3.63, 3.8) is 0 Å². The third-order valence-corrected chi connectivity index (χ3v) is 30.7. The van der Waals surface area contributed by atoms with Gasteiger partial charge in [-0.25, -0.2) is 9.59 Å². The number of aliphatic hydroxyl groups excluding tert-OH is 18. The summed E-state index contributed by atoms with van der Waals surface area (Å²) in [6, 6.07) is 0. The van der Waals surface area contributed by atoms with Crippen molar-refractivity contribution in [2.45, 2.75) is 387 Å². The predicted molar refractivity (Wildman–Crippen MR) is 438 cm³/mol. The molecule has 5 aliphatic carbocycles. The third-order valence-electron chi connectivity index (χ3n) is 30.7. The van der Waals surface area contributed by atoms with Crippen LogP contribution in [0.5, 0.6) is 0 Å². The van der Waals surface area contributed by atoms with Gasteiger partial charge in [-0.1, -0.05) is 84.4 Å². The number of rotatable bonds is 29. The summed E-state index contributed by atoms with van der Waals surface area (Å²) in [4.78, 5) is 44.9. The van der Waals surface area contributed by atoms with E-state index in [-0.39, 0.29) is 68.1 Å². The van der Waals surface area contributed by atoms with Gasteiger partial charge in [0.25, 0.3) is 0 Å². The number of carbonyl (C=O) groups excluding carboxylic acids is 3. The van der Waals surface area contributed by atoms with Crippen LogP contribution in [0.4, 0.5) is 0 Å². The fourth-order valence-corrected chi connectivity index (χ4v) is 22.2. The Morgan fingerprint density at radius 3 is 1.63 bits per heavy atom. The molecule has 20 N–H and O–H groups in total. The van der Waals surface area contributed by atoms with Gasteiger partial charge in [0, 0.05) is 5.57 Å². The molecular weight excluding hydrogens is 1690 g/mol. The molecule has 7 heterocycles. The minimum absolute atomic E-state index is 0.0249. The molecule has 12 rings (SSSR count). The van der Waals surface area contributed by atoms with Crippen LogP contribution in [0.1, 0.15) is 167 Å². The first-order valence-electron chi connectivity index (χ1n) is 44.8. The minimum atomic E-state index is -2.26. The maximum Gasteiger partial charge on any atom is 0.336 e. The van der Waals surface area contributed by atoms with Gasteiger partial charge in [-0.3, -0.25) is 4.79 Å². The molecule has 730 valence electrons. The lowest BCUT2D eigenvalue weighted by molar-refractivity contribution is -0.381. The number of ether oxygens (including phenoxy) is 16. The standard InChI is InChI=1S/C89H140O39/c1-15-84(10,111)25-17-19-39(3)72(108)124-71-69(123-73(109)42(33-90)20-18-26-85(11,112)16-2)54(95)40(4)118-79(71)117-38-49-58(99)60(101)70(127-77-65(106)61(102)67(41(5)119-77)125-76-66(107)68(47(93)36-115-76)126-75-63(104)56(97)46(92)35-114-75)80(121-49)128-81(110)89-30-29-82(6,7)31-44(89)43-21-22-51-86(12)27-24-53(83(8,9)50(86)23-28-87(51,13)88(43,14)32-52(89)94)122-78-64(105)59(100)57(98)48(120-78)37-116-74-62(103)55(96)45(91)34-113-74/h15-16,19-21,40-41,44-71,74-80,90-107,111-112H,1-2,17-18,22-38H2,3-14H3. The smallest absolute Gasteiger partial charge is 0.336 e. The van der Waals surface area contributed by atoms with Gasteiger partial charge in [-0.15, -0.1) is 13.2 Å². The highest BCUT2D eigenvalue weighted by molar-refractivity contribution is 5.89. The zero-order valence-corrected chi connectivity index (χ0v) is 74.8. The molecule has 43 atom stereocenters. The summed E-state index contributed by atoms with van der Waals surface area (Å²) in [5.41, 5.74) is -6.85. The molecule has 0 spiro atoms. The van der Waals surface area contributed by atoms with Crippen molar-refractivity contribution in [3.8, 4) is 0 Å². The number of allylic oxidation sites excluding steroid dienone is 4. The Kier molecular flexibility index (Phi) is 32.3. The van der Waals surface area contributed by atoms with Gasteiger partial charge in [0.15, 0.2) is 56.1 Å². The molecule has 0 aromatic rings. The van der Waals surface area contributed by atoms with Crippen LogP contribution in [0.2, 0.25) is 0 Å². The van der Waals surface area contributed by atoms with Gasteiger partial charge >= 0.3 is 17.9 Å². The third kappa shape index (κ3) is 20.3. The molecule has 128 heavy (non-hydrogen) atoms. The maximum atomic E-state index is 16.5. The number of fused-ring (bicyclic) bond motifs is 7. The molecule has 11 fully saturated rings. The van der Waals surface area contributed by atoms with Gasteiger partial charge in [0.05, 0.1) is 80.8 Å². The van der Waals surface area contributed by atoms with E-state index in [4.69, 9.17) is 75.8 Å². The van der Waals surface area contributed by atoms with Crippen LogP contribution < -0.4 is 0 Å². The van der Waals surface area contributed by atoms with E-state index in [9.17, 15) is 112 Å². The molecule has 0 aromatic heterocycles. The van der Waals surface area contributed by atoms with Gasteiger partial charge < -0.3 is 178 Å². The van der Waals surface area contributed by atoms with Crippen LogP contribution in [0, 0.1) is 50.2 Å². The fraction of sp³-hybridized carbons (Fsp3) is 0.854. The van der Waals surface area contributed by atoms with Crippen LogP contribution in [0.15, 0.2) is 60.3 Å². The monoisotopic (exact) mass is 1830 g/mol. The first-order valence-corrected chi connectivity index (χ1v) is 44.8. The summed E-state index contributed by atoms with van der Waals surface area (Å²) >= 11 is 0. The summed E-state index contributed by atoms with van der Waals surface area (Å²) in [7, 11) is 0. The Labute approximate surface area is 744 Å². The van der Waals surface area contributed by atoms with E-state index in [1.54, 1.807) is 0 Å². The molecule has 7 aliphatic heterocycles. The first kappa shape index (κ1) is 103. The van der Waals surface area contributed by atoms with E-state index in [0.29, 0.717) is 44.9 Å². The number of carbonyl (C=O) groups is 3. The first-order chi connectivity index (χ1) is 59.9. The molecule has 12 aliphatic rings. The van der Waals surface area contributed by atoms with E-state index in [1.807, 2.05) is 0 Å². The fourth-order valence-electron chi connectivity index (χ4n) is 22.2. The molecule has 43 unspecified atom stereocenters. The Balaban J connectivity index is 0.827. The van der Waals surface area contributed by atoms with E-state index in [2.05, 4.69) is 67.7 Å². The largest absolute Gasteiger partial charge is 0.452 e. The molecule has 4 saturated carbocycles. The van der Waals surface area contributed by atoms with E-state index in [1.165, 1.54) is 58.9 Å². The second kappa shape index (κ2) is 40.2. The average molecular weight is 1830 g/mol. The second-order valence-corrected chi connectivity index (χ2v) is 40.2. The maximum absolute atomic E-state index is 16.5. The summed E-state index contributed by atoms with van der Waals surface area (Å²) < 4.78 is 97.1. The second-order valence-electron chi connectivity index (χ2n) is 40.2. The predicted octanol–water partition coefficient (Wildman–Crippen LogP) is -2.22. The summed E-state index contributed by atoms with van der Waals surface area (Å²) in [5, 5.41) is 225. The van der Waals surface area contributed by atoms with Gasteiger partial charge in [-0.2, -0.15) is 0 Å². The lowest BCUT2D eigenvalue weighted by Gasteiger charge is -2.71. The molecule has 39 nitrogen and oxygen atoms in total. The highest BCUT2D eigenvalue weighted by Gasteiger charge is 2.73. The highest BCUT2D eigenvalue weighted by Crippen LogP contribution is 2.76. The van der Waals surface area contributed by atoms with Gasteiger partial charge in [-0.05, 0) is 163 Å². The van der Waals surface area contributed by atoms with Crippen molar-refractivity contribution >= 4 is 17.9 Å². The molecule has 0 amide bonds. The number of hydrogen-bond donors (Lipinski definition) is 20. The Bertz CT molecular complexity index is 3900. The summed E-state index contributed by atoms with van der Waals surface area (Å²) in [6.45, 7) is 25.7. The van der Waals surface area contributed by atoms with Crippen molar-refractivity contribution in [2.24, 2.45) is 50.2 Å². The van der Waals surface area contributed by atoms with E-state index in [0.717, 1.165) is 5.57 Å². The zero-order valence-electron chi connectivity index (χ0n) is 74.8. The summed E-state index contributed by atoms with van der Waals surface area (Å²) in [6.07, 6.45) is -46.9. The Morgan fingerprint density at radius 2 is 1.01 bits per heavy atom. The number of hydrogen-bond acceptors (Lipinski definition) is 39. The molecule has 0 radical (unpaired) electrons. The topological polar surface area (TPSA) is 603 Å². The van der Waals surface area contributed by atoms with E-state index >= 15 is 4.79 Å². The molecular formula is C89H140O39. The van der Waals surface area contributed by atoms with Crippen LogP contribution in [-0.4, -0.2) is 380 Å². The molecule has 39 heteroatoms. The SMILES string of the molecule is C=CC(C)(O)CCC=C(C)C(=O)OC1C(OCC2OC(OC(=O)C34CCC(C)(C)CC3C3=CCC5C6(C)CCC(OC7OC(COC8OCC(O)C(O)C8O)C(O)C(O)C7O)C(C)(C)C6CCC5(C)C3(C)CC4O)C(OC3OC(C)C(OC4OCC(O)C(OC5OCC(O)C(O)C5O)C4O)C(O)C3O)C(O)C2O)OC(C)C(O)C1OC(=O)C(=CCCC(C)(O)C=C)CO. The number of aliphatic hydroxyl groups is 20. The number of esters is 3. The molecule has 7 saturated heterocycles. The lowest BCUT2D eigenvalue weighted by Crippen LogP contribution is -2.69. The van der Waals surface area contributed by atoms with Crippen molar-refractivity contribution < 1.29 is 192 Å². The Morgan fingerprint density at radius 1 is 0.492 bits per heavy atom. The van der Waals surface area contributed by atoms with Crippen LogP contribution in [-0.2, 0) is 90.2 Å². The molecule has 0 aromatic carbocycles. The van der Waals surface area contributed by atoms with Gasteiger partial charge in [0.1, 0.15) is 127 Å². The highest BCUT2D eigenvalue weighted by atomic mass is 16.8. The van der Waals surface area contributed by atoms with Gasteiger partial charge in [0.2, 0.25) is 6.29 Å².